The van der Waals surface area contributed by atoms with E-state index < -0.39 is 0 Å². The van der Waals surface area contributed by atoms with Gasteiger partial charge in [0, 0.05) is 28.5 Å². The van der Waals surface area contributed by atoms with Crippen LogP contribution in [0, 0.1) is 0 Å². The number of aromatic nitrogens is 2. The first kappa shape index (κ1) is 16.5. The number of hydrogen-bond acceptors (Lipinski definition) is 5. The first-order valence-electron chi connectivity index (χ1n) is 8.85. The van der Waals surface area contributed by atoms with Crippen molar-refractivity contribution in [2.45, 2.75) is 51.2 Å². The number of nitrogens with one attached hydrogen (secondary N) is 2. The van der Waals surface area contributed by atoms with Crippen LogP contribution in [0.4, 0.5) is 5.95 Å². The average molecular weight is 353 g/mol. The van der Waals surface area contributed by atoms with Crippen molar-refractivity contribution in [3.05, 3.63) is 42.6 Å². The molecule has 1 fully saturated rings. The minimum atomic E-state index is 0.137. The molecule has 0 amide bonds. The minimum absolute atomic E-state index is 0.137. The van der Waals surface area contributed by atoms with E-state index in [1.807, 2.05) is 12.3 Å². The SMILES string of the molecule is CC1CC(Nc2nccc(-c3cc4ccccc4s3)n2)CC(C)(C)N1. The van der Waals surface area contributed by atoms with Crippen LogP contribution in [0.1, 0.15) is 33.6 Å². The van der Waals surface area contributed by atoms with Crippen LogP contribution in [0.25, 0.3) is 20.7 Å². The molecular weight excluding hydrogens is 328 g/mol. The summed E-state index contributed by atoms with van der Waals surface area (Å²) in [6.45, 7) is 6.75. The topological polar surface area (TPSA) is 49.8 Å². The summed E-state index contributed by atoms with van der Waals surface area (Å²) in [5.41, 5.74) is 1.12. The Kier molecular flexibility index (Phi) is 4.21. The van der Waals surface area contributed by atoms with Crippen molar-refractivity contribution >= 4 is 27.4 Å². The van der Waals surface area contributed by atoms with Gasteiger partial charge in [-0.05, 0) is 57.2 Å². The quantitative estimate of drug-likeness (QED) is 0.718. The van der Waals surface area contributed by atoms with Gasteiger partial charge in [-0.1, -0.05) is 18.2 Å². The molecule has 3 heterocycles. The first-order chi connectivity index (χ1) is 12.0. The number of benzene rings is 1. The van der Waals surface area contributed by atoms with Crippen molar-refractivity contribution in [1.29, 1.82) is 0 Å². The van der Waals surface area contributed by atoms with Crippen molar-refractivity contribution in [3.8, 4) is 10.6 Å². The molecule has 2 N–H and O–H groups in total. The molecule has 1 saturated heterocycles. The van der Waals surface area contributed by atoms with Gasteiger partial charge >= 0.3 is 0 Å². The highest BCUT2D eigenvalue weighted by Gasteiger charge is 2.31. The summed E-state index contributed by atoms with van der Waals surface area (Å²) in [6, 6.07) is 13.5. The summed E-state index contributed by atoms with van der Waals surface area (Å²) in [6.07, 6.45) is 4.00. The zero-order valence-corrected chi connectivity index (χ0v) is 15.7. The number of piperidine rings is 1. The van der Waals surface area contributed by atoms with Crippen LogP contribution >= 0.6 is 11.3 Å². The summed E-state index contributed by atoms with van der Waals surface area (Å²) < 4.78 is 1.29. The predicted molar refractivity (Wildman–Crippen MR) is 106 cm³/mol. The lowest BCUT2D eigenvalue weighted by Crippen LogP contribution is -2.54. The largest absolute Gasteiger partial charge is 0.351 e. The fourth-order valence-electron chi connectivity index (χ4n) is 3.88. The molecule has 1 aromatic carbocycles. The van der Waals surface area contributed by atoms with Gasteiger partial charge in [0.05, 0.1) is 10.6 Å². The molecule has 2 unspecified atom stereocenters. The molecule has 0 radical (unpaired) electrons. The highest BCUT2D eigenvalue weighted by molar-refractivity contribution is 7.22. The maximum atomic E-state index is 4.77. The Morgan fingerprint density at radius 1 is 1.24 bits per heavy atom. The van der Waals surface area contributed by atoms with Crippen LogP contribution in [0.15, 0.2) is 42.6 Å². The first-order valence-corrected chi connectivity index (χ1v) is 9.66. The molecule has 0 bridgehead atoms. The van der Waals surface area contributed by atoms with Crippen LogP contribution in [0.3, 0.4) is 0 Å². The minimum Gasteiger partial charge on any atom is -0.351 e. The van der Waals surface area contributed by atoms with Gasteiger partial charge in [0.25, 0.3) is 0 Å². The molecule has 1 aliphatic heterocycles. The second kappa shape index (κ2) is 6.39. The molecule has 4 nitrogen and oxygen atoms in total. The molecule has 25 heavy (non-hydrogen) atoms. The van der Waals surface area contributed by atoms with E-state index in [2.05, 4.69) is 66.7 Å². The standard InChI is InChI=1S/C20H24N4S/c1-13-10-15(12-20(2,3)24-13)22-19-21-9-8-16(23-19)18-11-14-6-4-5-7-17(14)25-18/h4-9,11,13,15,24H,10,12H2,1-3H3,(H,21,22,23). The molecule has 3 aromatic rings. The normalized spacial score (nSPS) is 22.8. The Morgan fingerprint density at radius 2 is 2.08 bits per heavy atom. The van der Waals surface area contributed by atoms with E-state index in [0.717, 1.165) is 24.5 Å². The predicted octanol–water partition coefficient (Wildman–Crippen LogP) is 4.69. The molecule has 1 aliphatic rings. The van der Waals surface area contributed by atoms with Gasteiger partial charge in [-0.25, -0.2) is 9.97 Å². The zero-order chi connectivity index (χ0) is 17.4. The Balaban J connectivity index is 1.57. The molecule has 4 rings (SSSR count). The third-order valence-corrected chi connectivity index (χ3v) is 5.84. The average Bonchev–Trinajstić information content (AvgIpc) is 2.97. The van der Waals surface area contributed by atoms with E-state index in [-0.39, 0.29) is 5.54 Å². The summed E-state index contributed by atoms with van der Waals surface area (Å²) >= 11 is 1.78. The number of thiophene rings is 1. The fourth-order valence-corrected chi connectivity index (χ4v) is 4.91. The summed E-state index contributed by atoms with van der Waals surface area (Å²) in [5.74, 6) is 0.727. The molecule has 2 atom stereocenters. The lowest BCUT2D eigenvalue weighted by Gasteiger charge is -2.40. The van der Waals surface area contributed by atoms with Crippen LogP contribution in [0.2, 0.25) is 0 Å². The van der Waals surface area contributed by atoms with Crippen molar-refractivity contribution < 1.29 is 0 Å². The lowest BCUT2D eigenvalue weighted by atomic mass is 9.86. The molecule has 2 aromatic heterocycles. The lowest BCUT2D eigenvalue weighted by molar-refractivity contribution is 0.238. The van der Waals surface area contributed by atoms with Gasteiger partial charge in [0.15, 0.2) is 0 Å². The molecular formula is C20H24N4S. The fraction of sp³-hybridized carbons (Fsp3) is 0.400. The van der Waals surface area contributed by atoms with E-state index in [9.17, 15) is 0 Å². The van der Waals surface area contributed by atoms with Crippen LogP contribution in [-0.4, -0.2) is 27.6 Å². The van der Waals surface area contributed by atoms with Crippen LogP contribution in [0.5, 0.6) is 0 Å². The van der Waals surface area contributed by atoms with Crippen LogP contribution < -0.4 is 10.6 Å². The van der Waals surface area contributed by atoms with Gasteiger partial charge < -0.3 is 10.6 Å². The number of anilines is 1. The van der Waals surface area contributed by atoms with Crippen molar-refractivity contribution in [2.75, 3.05) is 5.32 Å². The maximum absolute atomic E-state index is 4.77. The van der Waals surface area contributed by atoms with E-state index in [1.165, 1.54) is 15.0 Å². The van der Waals surface area contributed by atoms with Gasteiger partial charge in [0.2, 0.25) is 5.95 Å². The highest BCUT2D eigenvalue weighted by Crippen LogP contribution is 2.32. The van der Waals surface area contributed by atoms with Gasteiger partial charge in [-0.15, -0.1) is 11.3 Å². The molecule has 5 heteroatoms. The number of nitrogens with zero attached hydrogens (tertiary/aromatic N) is 2. The number of rotatable bonds is 3. The summed E-state index contributed by atoms with van der Waals surface area (Å²) in [7, 11) is 0. The molecule has 0 aliphatic carbocycles. The van der Waals surface area contributed by atoms with Crippen molar-refractivity contribution in [3.63, 3.8) is 0 Å². The van der Waals surface area contributed by atoms with Gasteiger partial charge in [-0.3, -0.25) is 0 Å². The van der Waals surface area contributed by atoms with Crippen molar-refractivity contribution in [1.82, 2.24) is 15.3 Å². The summed E-state index contributed by atoms with van der Waals surface area (Å²) in [4.78, 5) is 10.4. The monoisotopic (exact) mass is 352 g/mol. The molecule has 130 valence electrons. The van der Waals surface area contributed by atoms with Crippen LogP contribution in [-0.2, 0) is 0 Å². The van der Waals surface area contributed by atoms with Gasteiger partial charge in [-0.2, -0.15) is 0 Å². The van der Waals surface area contributed by atoms with E-state index in [4.69, 9.17) is 4.98 Å². The van der Waals surface area contributed by atoms with Gasteiger partial charge in [0.1, 0.15) is 0 Å². The Hall–Kier alpha value is -1.98. The van der Waals surface area contributed by atoms with E-state index in [1.54, 1.807) is 11.3 Å². The van der Waals surface area contributed by atoms with E-state index >= 15 is 0 Å². The second-order valence-corrected chi connectivity index (χ2v) is 8.71. The zero-order valence-electron chi connectivity index (χ0n) is 14.9. The summed E-state index contributed by atoms with van der Waals surface area (Å²) in [5, 5.41) is 8.47. The van der Waals surface area contributed by atoms with E-state index in [0.29, 0.717) is 12.1 Å². The number of hydrogen-bond donors (Lipinski definition) is 2. The Labute approximate surface area is 152 Å². The van der Waals surface area contributed by atoms with Crippen molar-refractivity contribution in [2.24, 2.45) is 0 Å². The molecule has 0 saturated carbocycles. The third-order valence-electron chi connectivity index (χ3n) is 4.70. The molecule has 0 spiro atoms. The number of fused-ring (bicyclic) bond motifs is 1. The highest BCUT2D eigenvalue weighted by atomic mass is 32.1. The third kappa shape index (κ3) is 3.67. The second-order valence-electron chi connectivity index (χ2n) is 7.62. The Bertz CT molecular complexity index is 853. The maximum Gasteiger partial charge on any atom is 0.223 e. The Morgan fingerprint density at radius 3 is 2.88 bits per heavy atom. The smallest absolute Gasteiger partial charge is 0.223 e.